The van der Waals surface area contributed by atoms with Crippen LogP contribution in [0.4, 0.5) is 18.0 Å². The number of benzene rings is 1. The highest BCUT2D eigenvalue weighted by Crippen LogP contribution is 2.38. The molecular formula is C28H33F3N4O8. The average Bonchev–Trinajstić information content (AvgIpc) is 3.32. The lowest BCUT2D eigenvalue weighted by molar-refractivity contribution is -0.274. The first-order valence-corrected chi connectivity index (χ1v) is 14.2. The maximum Gasteiger partial charge on any atom is 0.573 e. The van der Waals surface area contributed by atoms with E-state index in [2.05, 4.69) is 20.9 Å². The van der Waals surface area contributed by atoms with Gasteiger partial charge in [-0.1, -0.05) is 13.3 Å². The van der Waals surface area contributed by atoms with Crippen LogP contribution in [0.15, 0.2) is 30.3 Å². The van der Waals surface area contributed by atoms with Crippen LogP contribution in [0.25, 0.3) is 5.70 Å². The van der Waals surface area contributed by atoms with Gasteiger partial charge in [-0.05, 0) is 55.2 Å². The maximum absolute atomic E-state index is 13.6. The molecule has 15 heteroatoms. The van der Waals surface area contributed by atoms with Crippen molar-refractivity contribution in [2.45, 2.75) is 81.6 Å². The first kappa shape index (κ1) is 30.6. The summed E-state index contributed by atoms with van der Waals surface area (Å²) in [6.07, 6.45) is -1.63. The van der Waals surface area contributed by atoms with Crippen LogP contribution in [0.2, 0.25) is 0 Å². The summed E-state index contributed by atoms with van der Waals surface area (Å²) < 4.78 is 52.4. The summed E-state index contributed by atoms with van der Waals surface area (Å²) in [5, 5.41) is 5.30. The van der Waals surface area contributed by atoms with E-state index >= 15 is 0 Å². The SMILES string of the molecule is CCC[C@H](NC(=O)[C@@H]1C[C@]2(C=C(c3ccc(OC(F)(F)F)cc3)NO2)CN1C(=O)O[C@H]1CCOC1)C(=O)C(=O)NC1CC1. The van der Waals surface area contributed by atoms with Gasteiger partial charge in [0.15, 0.2) is 0 Å². The van der Waals surface area contributed by atoms with Gasteiger partial charge in [-0.2, -0.15) is 0 Å². The molecule has 1 aromatic carbocycles. The fraction of sp³-hybridized carbons (Fsp3) is 0.571. The molecule has 234 valence electrons. The van der Waals surface area contributed by atoms with Crippen LogP contribution in [0.5, 0.6) is 5.75 Å². The van der Waals surface area contributed by atoms with Gasteiger partial charge in [-0.3, -0.25) is 29.6 Å². The van der Waals surface area contributed by atoms with Crippen LogP contribution in [-0.4, -0.2) is 84.5 Å². The highest BCUT2D eigenvalue weighted by molar-refractivity contribution is 6.38. The number of carbonyl (C=O) groups excluding carboxylic acids is 4. The van der Waals surface area contributed by atoms with Crippen molar-refractivity contribution in [3.05, 3.63) is 35.9 Å². The van der Waals surface area contributed by atoms with E-state index < -0.39 is 59.6 Å². The predicted molar refractivity (Wildman–Crippen MR) is 142 cm³/mol. The van der Waals surface area contributed by atoms with E-state index in [0.29, 0.717) is 30.7 Å². The number of Topliss-reactive ketones (excluding diaryl/α,β-unsaturated/α-hetero) is 1. The van der Waals surface area contributed by atoms with Crippen LogP contribution in [0.1, 0.15) is 51.0 Å². The Labute approximate surface area is 245 Å². The number of hydroxylamine groups is 1. The minimum Gasteiger partial charge on any atom is -0.444 e. The molecule has 1 aromatic rings. The predicted octanol–water partition coefficient (Wildman–Crippen LogP) is 2.33. The lowest BCUT2D eigenvalue weighted by Crippen LogP contribution is -2.53. The van der Waals surface area contributed by atoms with Gasteiger partial charge in [0.05, 0.1) is 31.5 Å². The molecule has 3 fully saturated rings. The second-order valence-electron chi connectivity index (χ2n) is 11.1. The van der Waals surface area contributed by atoms with Crippen molar-refractivity contribution >= 4 is 29.4 Å². The molecule has 0 radical (unpaired) electrons. The molecule has 0 unspecified atom stereocenters. The van der Waals surface area contributed by atoms with Gasteiger partial charge in [0, 0.05) is 18.9 Å². The van der Waals surface area contributed by atoms with Crippen molar-refractivity contribution in [1.82, 2.24) is 21.0 Å². The molecule has 1 aliphatic carbocycles. The van der Waals surface area contributed by atoms with Crippen molar-refractivity contribution in [1.29, 1.82) is 0 Å². The number of alkyl halides is 3. The van der Waals surface area contributed by atoms with Crippen molar-refractivity contribution in [2.24, 2.45) is 0 Å². The highest BCUT2D eigenvalue weighted by Gasteiger charge is 2.53. The fourth-order valence-electron chi connectivity index (χ4n) is 5.25. The number of hydrogen-bond acceptors (Lipinski definition) is 9. The Hall–Kier alpha value is -3.85. The largest absolute Gasteiger partial charge is 0.573 e. The molecule has 0 bridgehead atoms. The number of amides is 3. The molecule has 3 aliphatic heterocycles. The van der Waals surface area contributed by atoms with Crippen molar-refractivity contribution in [3.63, 3.8) is 0 Å². The summed E-state index contributed by atoms with van der Waals surface area (Å²) in [5.41, 5.74) is 2.44. The minimum atomic E-state index is -4.83. The lowest BCUT2D eigenvalue weighted by Gasteiger charge is -2.26. The molecule has 43 heavy (non-hydrogen) atoms. The van der Waals surface area contributed by atoms with Crippen molar-refractivity contribution in [2.75, 3.05) is 19.8 Å². The molecule has 2 saturated heterocycles. The van der Waals surface area contributed by atoms with Crippen LogP contribution in [-0.2, 0) is 28.7 Å². The van der Waals surface area contributed by atoms with E-state index in [4.69, 9.17) is 14.3 Å². The number of rotatable bonds is 10. The molecule has 3 amide bonds. The smallest absolute Gasteiger partial charge is 0.444 e. The van der Waals surface area contributed by atoms with E-state index in [1.807, 2.05) is 6.92 Å². The molecule has 12 nitrogen and oxygen atoms in total. The Morgan fingerprint density at radius 1 is 1.16 bits per heavy atom. The Kier molecular flexibility index (Phi) is 8.83. The normalized spacial score (nSPS) is 25.6. The number of ketones is 1. The molecule has 5 rings (SSSR count). The lowest BCUT2D eigenvalue weighted by atomic mass is 9.97. The first-order chi connectivity index (χ1) is 20.4. The number of nitrogens with zero attached hydrogens (tertiary/aromatic N) is 1. The molecule has 1 spiro atoms. The van der Waals surface area contributed by atoms with Crippen LogP contribution < -0.4 is 20.9 Å². The molecule has 4 aliphatic rings. The first-order valence-electron chi connectivity index (χ1n) is 14.2. The highest BCUT2D eigenvalue weighted by atomic mass is 19.4. The van der Waals surface area contributed by atoms with Crippen molar-refractivity contribution in [3.8, 4) is 5.75 Å². The van der Waals surface area contributed by atoms with Crippen LogP contribution in [0, 0.1) is 0 Å². The van der Waals surface area contributed by atoms with Crippen molar-refractivity contribution < 1.29 is 51.4 Å². The Morgan fingerprint density at radius 3 is 2.53 bits per heavy atom. The van der Waals surface area contributed by atoms with E-state index in [0.717, 1.165) is 25.0 Å². The third-order valence-corrected chi connectivity index (χ3v) is 7.56. The van der Waals surface area contributed by atoms with Crippen LogP contribution >= 0.6 is 0 Å². The zero-order valence-electron chi connectivity index (χ0n) is 23.4. The van der Waals surface area contributed by atoms with E-state index in [-0.39, 0.29) is 32.0 Å². The number of hydrogen-bond donors (Lipinski definition) is 3. The zero-order valence-corrected chi connectivity index (χ0v) is 23.4. The zero-order chi connectivity index (χ0) is 30.8. The average molecular weight is 611 g/mol. The Balaban J connectivity index is 1.33. The van der Waals surface area contributed by atoms with Gasteiger partial charge in [-0.25, -0.2) is 4.79 Å². The molecular weight excluding hydrogens is 577 g/mol. The quantitative estimate of drug-likeness (QED) is 0.340. The molecule has 3 heterocycles. The number of ether oxygens (including phenoxy) is 3. The van der Waals surface area contributed by atoms with Gasteiger partial charge >= 0.3 is 12.5 Å². The van der Waals surface area contributed by atoms with Gasteiger partial charge in [0.25, 0.3) is 5.91 Å². The Morgan fingerprint density at radius 2 is 1.91 bits per heavy atom. The monoisotopic (exact) mass is 610 g/mol. The van der Waals surface area contributed by atoms with Gasteiger partial charge in [0.2, 0.25) is 11.7 Å². The van der Waals surface area contributed by atoms with Gasteiger partial charge in [0.1, 0.15) is 23.5 Å². The second-order valence-corrected chi connectivity index (χ2v) is 11.1. The summed E-state index contributed by atoms with van der Waals surface area (Å²) in [6, 6.07) is 2.88. The summed E-state index contributed by atoms with van der Waals surface area (Å²) in [4.78, 5) is 59.3. The summed E-state index contributed by atoms with van der Waals surface area (Å²) in [7, 11) is 0. The van der Waals surface area contributed by atoms with E-state index in [9.17, 15) is 32.3 Å². The number of carbonyl (C=O) groups is 4. The number of nitrogens with one attached hydrogen (secondary N) is 3. The van der Waals surface area contributed by atoms with E-state index in [1.165, 1.54) is 17.0 Å². The summed E-state index contributed by atoms with van der Waals surface area (Å²) >= 11 is 0. The third-order valence-electron chi connectivity index (χ3n) is 7.56. The number of halogens is 3. The molecule has 1 saturated carbocycles. The summed E-state index contributed by atoms with van der Waals surface area (Å²) in [6.45, 7) is 2.37. The summed E-state index contributed by atoms with van der Waals surface area (Å²) in [5.74, 6) is -2.56. The standard InChI is InChI=1S/C28H33F3N4O8/c1-2-3-20(23(36)25(38)32-17-6-7-17)33-24(37)22-13-27(15-35(22)26(39)41-19-10-11-40-14-19)12-21(34-43-27)16-4-8-18(9-5-16)42-28(29,30)31/h4-5,8-9,12,17,19-20,22,34H,2-3,6-7,10-11,13-15H2,1H3,(H,32,38)(H,33,37)/t19-,20-,22-,27+/m0/s1. The number of likely N-dealkylation sites (tertiary alicyclic amines) is 1. The minimum absolute atomic E-state index is 0.0256. The van der Waals surface area contributed by atoms with Crippen LogP contribution in [0.3, 0.4) is 0 Å². The fourth-order valence-corrected chi connectivity index (χ4v) is 5.25. The molecule has 3 N–H and O–H groups in total. The van der Waals surface area contributed by atoms with Gasteiger partial charge in [-0.15, -0.1) is 13.2 Å². The molecule has 4 atom stereocenters. The molecule has 0 aromatic heterocycles. The van der Waals surface area contributed by atoms with Gasteiger partial charge < -0.3 is 24.8 Å². The third kappa shape index (κ3) is 7.57. The second kappa shape index (κ2) is 12.4. The van der Waals surface area contributed by atoms with E-state index in [1.54, 1.807) is 6.08 Å². The maximum atomic E-state index is 13.6. The Bertz CT molecular complexity index is 1260. The topological polar surface area (TPSA) is 145 Å².